The summed E-state index contributed by atoms with van der Waals surface area (Å²) in [6, 6.07) is 30.1. The highest BCUT2D eigenvalue weighted by Crippen LogP contribution is 2.20. The normalized spacial score (nSPS) is 11.7. The number of hydrogen-bond donors (Lipinski definition) is 3. The number of carboxylic acids is 2. The Morgan fingerprint density at radius 2 is 1.28 bits per heavy atom. The summed E-state index contributed by atoms with van der Waals surface area (Å²) < 4.78 is 19.4. The van der Waals surface area contributed by atoms with E-state index in [-0.39, 0.29) is 17.8 Å². The van der Waals surface area contributed by atoms with Crippen molar-refractivity contribution in [1.82, 2.24) is 0 Å². The summed E-state index contributed by atoms with van der Waals surface area (Å²) in [4.78, 5) is 23.5. The standard InChI is InChI=1S/C36H38FNO5/c37-33-20-16-28(17-21-33)9-8-27-10-12-30(13-11-27)26-43-34-6-2-1-5-31(34)22-24-38(23-4-3-7-35(39)40)25-29-14-18-32(19-15-29)36(41)42/h1-2,5-6,10-21H,3-4,7-9,22-26H2,(H,39,40)(H,41,42)/p+1. The van der Waals surface area contributed by atoms with Crippen molar-refractivity contribution in [3.05, 3.63) is 136 Å². The number of benzene rings is 4. The Bertz CT molecular complexity index is 1450. The second-order valence-electron chi connectivity index (χ2n) is 10.9. The molecule has 3 N–H and O–H groups in total. The van der Waals surface area contributed by atoms with Gasteiger partial charge in [0.25, 0.3) is 0 Å². The summed E-state index contributed by atoms with van der Waals surface area (Å²) in [5.74, 6) is -1.10. The molecule has 0 bridgehead atoms. The van der Waals surface area contributed by atoms with Crippen LogP contribution in [0, 0.1) is 5.82 Å². The van der Waals surface area contributed by atoms with Crippen LogP contribution in [0.15, 0.2) is 97.1 Å². The molecule has 0 aliphatic carbocycles. The highest BCUT2D eigenvalue weighted by atomic mass is 19.1. The van der Waals surface area contributed by atoms with Gasteiger partial charge in [-0.15, -0.1) is 0 Å². The van der Waals surface area contributed by atoms with Gasteiger partial charge in [0.15, 0.2) is 0 Å². The van der Waals surface area contributed by atoms with Crippen LogP contribution in [0.2, 0.25) is 0 Å². The summed E-state index contributed by atoms with van der Waals surface area (Å²) in [6.07, 6.45) is 4.12. The Morgan fingerprint density at radius 1 is 0.674 bits per heavy atom. The van der Waals surface area contributed by atoms with Crippen LogP contribution in [-0.2, 0) is 37.2 Å². The second kappa shape index (κ2) is 16.2. The molecule has 6 nitrogen and oxygen atoms in total. The lowest BCUT2D eigenvalue weighted by Gasteiger charge is -2.21. The van der Waals surface area contributed by atoms with Crippen LogP contribution in [0.4, 0.5) is 4.39 Å². The van der Waals surface area contributed by atoms with Crippen molar-refractivity contribution >= 4 is 11.9 Å². The minimum absolute atomic E-state index is 0.159. The van der Waals surface area contributed by atoms with Gasteiger partial charge in [0, 0.05) is 18.4 Å². The fraction of sp³-hybridized carbons (Fsp3) is 0.278. The van der Waals surface area contributed by atoms with E-state index in [1.54, 1.807) is 12.1 Å². The first kappa shape index (κ1) is 31.4. The molecule has 0 amide bonds. The Kier molecular flexibility index (Phi) is 11.9. The van der Waals surface area contributed by atoms with Crippen LogP contribution in [0.3, 0.4) is 0 Å². The molecule has 4 aromatic carbocycles. The molecule has 43 heavy (non-hydrogen) atoms. The van der Waals surface area contributed by atoms with Crippen LogP contribution in [0.25, 0.3) is 0 Å². The third-order valence-corrected chi connectivity index (χ3v) is 7.58. The molecule has 4 rings (SSSR count). The van der Waals surface area contributed by atoms with E-state index >= 15 is 0 Å². The zero-order chi connectivity index (χ0) is 30.4. The van der Waals surface area contributed by atoms with Crippen LogP contribution < -0.4 is 9.64 Å². The van der Waals surface area contributed by atoms with E-state index in [0.29, 0.717) is 13.0 Å². The van der Waals surface area contributed by atoms with Crippen molar-refractivity contribution < 1.29 is 33.8 Å². The quantitative estimate of drug-likeness (QED) is 0.137. The first-order chi connectivity index (χ1) is 20.9. The maximum absolute atomic E-state index is 13.1. The average molecular weight is 585 g/mol. The minimum atomic E-state index is -0.946. The molecule has 0 radical (unpaired) electrons. The molecule has 0 aliphatic rings. The van der Waals surface area contributed by atoms with Crippen molar-refractivity contribution in [2.24, 2.45) is 0 Å². The number of ether oxygens (including phenoxy) is 1. The third-order valence-electron chi connectivity index (χ3n) is 7.58. The van der Waals surface area contributed by atoms with Crippen molar-refractivity contribution in [1.29, 1.82) is 0 Å². The Hall–Kier alpha value is -4.49. The number of carbonyl (C=O) groups is 2. The van der Waals surface area contributed by atoms with Crippen LogP contribution in [-0.4, -0.2) is 35.2 Å². The van der Waals surface area contributed by atoms with E-state index in [0.717, 1.165) is 73.3 Å². The largest absolute Gasteiger partial charge is 0.489 e. The number of hydrogen-bond acceptors (Lipinski definition) is 3. The fourth-order valence-electron chi connectivity index (χ4n) is 5.07. The molecule has 0 aliphatic heterocycles. The van der Waals surface area contributed by atoms with Gasteiger partial charge in [0.2, 0.25) is 0 Å². The first-order valence-corrected chi connectivity index (χ1v) is 14.8. The van der Waals surface area contributed by atoms with Gasteiger partial charge in [-0.25, -0.2) is 9.18 Å². The number of carboxylic acid groups (broad SMARTS) is 2. The zero-order valence-corrected chi connectivity index (χ0v) is 24.3. The first-order valence-electron chi connectivity index (χ1n) is 14.8. The van der Waals surface area contributed by atoms with E-state index < -0.39 is 11.9 Å². The molecule has 0 saturated carbocycles. The number of rotatable bonds is 17. The number of unbranched alkanes of at least 4 members (excludes halogenated alkanes) is 1. The van der Waals surface area contributed by atoms with E-state index in [4.69, 9.17) is 9.84 Å². The maximum Gasteiger partial charge on any atom is 0.335 e. The highest BCUT2D eigenvalue weighted by molar-refractivity contribution is 5.87. The maximum atomic E-state index is 13.1. The molecule has 4 aromatic rings. The number of quaternary nitrogens is 1. The number of aryl methyl sites for hydroxylation is 2. The summed E-state index contributed by atoms with van der Waals surface area (Å²) in [5.41, 5.74) is 5.83. The molecule has 1 unspecified atom stereocenters. The Morgan fingerprint density at radius 3 is 1.93 bits per heavy atom. The van der Waals surface area contributed by atoms with Gasteiger partial charge >= 0.3 is 11.9 Å². The van der Waals surface area contributed by atoms with Crippen LogP contribution >= 0.6 is 0 Å². The molecule has 0 heterocycles. The number of aliphatic carboxylic acids is 1. The van der Waals surface area contributed by atoms with Gasteiger partial charge in [-0.05, 0) is 78.3 Å². The van der Waals surface area contributed by atoms with Gasteiger partial charge in [0.05, 0.1) is 18.7 Å². The number of aromatic carboxylic acids is 1. The molecule has 0 fully saturated rings. The number of para-hydroxylation sites is 1. The monoisotopic (exact) mass is 584 g/mol. The topological polar surface area (TPSA) is 88.3 Å². The molecule has 0 spiro atoms. The predicted octanol–water partition coefficient (Wildman–Crippen LogP) is 5.77. The van der Waals surface area contributed by atoms with E-state index in [2.05, 4.69) is 30.3 Å². The van der Waals surface area contributed by atoms with E-state index in [1.165, 1.54) is 22.6 Å². The lowest BCUT2D eigenvalue weighted by Crippen LogP contribution is -3.11. The molecule has 0 saturated heterocycles. The lowest BCUT2D eigenvalue weighted by atomic mass is 10.0. The molecule has 1 atom stereocenters. The van der Waals surface area contributed by atoms with Crippen molar-refractivity contribution in [2.75, 3.05) is 13.1 Å². The molecule has 0 aromatic heterocycles. The van der Waals surface area contributed by atoms with Gasteiger partial charge in [-0.1, -0.05) is 66.7 Å². The Labute approximate surface area is 252 Å². The smallest absolute Gasteiger partial charge is 0.335 e. The SMILES string of the molecule is O=C(O)CCCC[NH+](CCc1ccccc1OCc1ccc(CCc2ccc(F)cc2)cc1)Cc1ccc(C(=O)O)cc1. The van der Waals surface area contributed by atoms with E-state index in [9.17, 15) is 19.1 Å². The summed E-state index contributed by atoms with van der Waals surface area (Å²) in [5, 5.41) is 18.2. The summed E-state index contributed by atoms with van der Waals surface area (Å²) >= 11 is 0. The van der Waals surface area contributed by atoms with E-state index in [1.807, 2.05) is 42.5 Å². The number of nitrogens with one attached hydrogen (secondary N) is 1. The van der Waals surface area contributed by atoms with Crippen molar-refractivity contribution in [2.45, 2.75) is 51.7 Å². The van der Waals surface area contributed by atoms with Crippen molar-refractivity contribution in [3.8, 4) is 5.75 Å². The molecular formula is C36H39FNO5+. The van der Waals surface area contributed by atoms with Gasteiger partial charge < -0.3 is 19.8 Å². The third kappa shape index (κ3) is 10.7. The van der Waals surface area contributed by atoms with Gasteiger partial charge in [-0.2, -0.15) is 0 Å². The van der Waals surface area contributed by atoms with Crippen LogP contribution in [0.5, 0.6) is 5.75 Å². The lowest BCUT2D eigenvalue weighted by molar-refractivity contribution is -0.914. The summed E-state index contributed by atoms with van der Waals surface area (Å²) in [6.45, 7) is 2.84. The average Bonchev–Trinajstić information content (AvgIpc) is 3.01. The van der Waals surface area contributed by atoms with Gasteiger partial charge in [-0.3, -0.25) is 4.79 Å². The predicted molar refractivity (Wildman–Crippen MR) is 164 cm³/mol. The van der Waals surface area contributed by atoms with Crippen molar-refractivity contribution in [3.63, 3.8) is 0 Å². The Balaban J connectivity index is 1.32. The number of halogens is 1. The van der Waals surface area contributed by atoms with Crippen LogP contribution in [0.1, 0.15) is 57.4 Å². The second-order valence-corrected chi connectivity index (χ2v) is 10.9. The highest BCUT2D eigenvalue weighted by Gasteiger charge is 2.14. The summed E-state index contributed by atoms with van der Waals surface area (Å²) in [7, 11) is 0. The molecule has 7 heteroatoms. The minimum Gasteiger partial charge on any atom is -0.489 e. The molecule has 224 valence electrons. The fourth-order valence-corrected chi connectivity index (χ4v) is 5.07. The zero-order valence-electron chi connectivity index (χ0n) is 24.3. The molecular weight excluding hydrogens is 545 g/mol. The van der Waals surface area contributed by atoms with Gasteiger partial charge in [0.1, 0.15) is 24.7 Å².